The number of carbonyl (C=O) groups is 1. The summed E-state index contributed by atoms with van der Waals surface area (Å²) in [6.45, 7) is 6.22. The van der Waals surface area contributed by atoms with Crippen LogP contribution in [0.15, 0.2) is 59.2 Å². The third-order valence-electron chi connectivity index (χ3n) is 4.42. The third-order valence-corrected chi connectivity index (χ3v) is 4.42. The van der Waals surface area contributed by atoms with Crippen molar-refractivity contribution in [2.24, 2.45) is 0 Å². The largest absolute Gasteiger partial charge is 0.464 e. The SMILES string of the molecule is CC(C)(C)OC(=O)N1Cc2ccccc2C1c1ccc2occc2c1. The van der Waals surface area contributed by atoms with Crippen molar-refractivity contribution in [3.05, 3.63) is 71.5 Å². The van der Waals surface area contributed by atoms with Crippen LogP contribution in [-0.4, -0.2) is 16.6 Å². The lowest BCUT2D eigenvalue weighted by atomic mass is 9.97. The number of ether oxygens (including phenoxy) is 1. The van der Waals surface area contributed by atoms with Crippen molar-refractivity contribution in [1.82, 2.24) is 4.90 Å². The Kier molecular flexibility index (Phi) is 3.57. The molecule has 0 saturated heterocycles. The highest BCUT2D eigenvalue weighted by molar-refractivity contribution is 5.79. The molecule has 0 bridgehead atoms. The van der Waals surface area contributed by atoms with Crippen LogP contribution in [0.3, 0.4) is 0 Å². The summed E-state index contributed by atoms with van der Waals surface area (Å²) in [5.74, 6) is 0. The highest BCUT2D eigenvalue weighted by Gasteiger charge is 2.37. The lowest BCUT2D eigenvalue weighted by Crippen LogP contribution is -2.36. The van der Waals surface area contributed by atoms with E-state index >= 15 is 0 Å². The number of nitrogens with zero attached hydrogens (tertiary/aromatic N) is 1. The number of amides is 1. The van der Waals surface area contributed by atoms with Crippen molar-refractivity contribution in [3.63, 3.8) is 0 Å². The molecule has 128 valence electrons. The van der Waals surface area contributed by atoms with Gasteiger partial charge >= 0.3 is 6.09 Å². The quantitative estimate of drug-likeness (QED) is 0.608. The molecule has 0 aliphatic carbocycles. The molecule has 0 radical (unpaired) electrons. The Labute approximate surface area is 147 Å². The van der Waals surface area contributed by atoms with Crippen molar-refractivity contribution in [2.45, 2.75) is 39.0 Å². The van der Waals surface area contributed by atoms with Crippen molar-refractivity contribution >= 4 is 17.1 Å². The van der Waals surface area contributed by atoms with Crippen LogP contribution in [0, 0.1) is 0 Å². The topological polar surface area (TPSA) is 42.7 Å². The summed E-state index contributed by atoms with van der Waals surface area (Å²) in [6, 6.07) is 16.0. The zero-order valence-electron chi connectivity index (χ0n) is 14.7. The molecule has 4 heteroatoms. The standard InChI is InChI=1S/C21H21NO3/c1-21(2,3)25-20(23)22-13-16-6-4-5-7-17(16)19(22)15-8-9-18-14(12-15)10-11-24-18/h4-12,19H,13H2,1-3H3. The fourth-order valence-corrected chi connectivity index (χ4v) is 3.39. The second kappa shape index (κ2) is 5.66. The van der Waals surface area contributed by atoms with Gasteiger partial charge in [0.15, 0.2) is 0 Å². The van der Waals surface area contributed by atoms with Crippen LogP contribution in [-0.2, 0) is 11.3 Å². The number of carbonyl (C=O) groups excluding carboxylic acids is 1. The van der Waals surface area contributed by atoms with Gasteiger partial charge in [-0.1, -0.05) is 30.3 Å². The second-order valence-corrected chi connectivity index (χ2v) is 7.43. The average molecular weight is 335 g/mol. The van der Waals surface area contributed by atoms with Gasteiger partial charge < -0.3 is 9.15 Å². The van der Waals surface area contributed by atoms with E-state index in [-0.39, 0.29) is 12.1 Å². The van der Waals surface area contributed by atoms with Gasteiger partial charge in [-0.25, -0.2) is 4.79 Å². The fraction of sp³-hybridized carbons (Fsp3) is 0.286. The molecule has 2 heterocycles. The summed E-state index contributed by atoms with van der Waals surface area (Å²) in [4.78, 5) is 14.6. The van der Waals surface area contributed by atoms with E-state index in [9.17, 15) is 4.79 Å². The first-order valence-corrected chi connectivity index (χ1v) is 8.47. The Balaban J connectivity index is 1.78. The van der Waals surface area contributed by atoms with Crippen molar-refractivity contribution in [3.8, 4) is 0 Å². The lowest BCUT2D eigenvalue weighted by molar-refractivity contribution is 0.0203. The van der Waals surface area contributed by atoms with Crippen LogP contribution >= 0.6 is 0 Å². The molecule has 1 amide bonds. The number of furan rings is 1. The maximum atomic E-state index is 12.8. The molecular formula is C21H21NO3. The molecule has 1 atom stereocenters. The summed E-state index contributed by atoms with van der Waals surface area (Å²) in [6.07, 6.45) is 1.39. The van der Waals surface area contributed by atoms with E-state index in [1.807, 2.05) is 51.1 Å². The summed E-state index contributed by atoms with van der Waals surface area (Å²) >= 11 is 0. The molecule has 0 spiro atoms. The van der Waals surface area contributed by atoms with Gasteiger partial charge in [0.2, 0.25) is 0 Å². The van der Waals surface area contributed by atoms with Crippen molar-refractivity contribution in [1.29, 1.82) is 0 Å². The third kappa shape index (κ3) is 2.88. The van der Waals surface area contributed by atoms with E-state index in [1.54, 1.807) is 11.2 Å². The Morgan fingerprint density at radius 1 is 1.16 bits per heavy atom. The Hall–Kier alpha value is -2.75. The summed E-state index contributed by atoms with van der Waals surface area (Å²) in [5.41, 5.74) is 3.69. The van der Waals surface area contributed by atoms with Gasteiger partial charge in [-0.3, -0.25) is 4.90 Å². The molecule has 1 unspecified atom stereocenters. The predicted octanol–water partition coefficient (Wildman–Crippen LogP) is 5.27. The first kappa shape index (κ1) is 15.8. The van der Waals surface area contributed by atoms with Crippen LogP contribution in [0.1, 0.15) is 43.5 Å². The maximum Gasteiger partial charge on any atom is 0.411 e. The Morgan fingerprint density at radius 2 is 1.96 bits per heavy atom. The number of benzene rings is 2. The van der Waals surface area contributed by atoms with E-state index in [4.69, 9.17) is 9.15 Å². The smallest absolute Gasteiger partial charge is 0.411 e. The van der Waals surface area contributed by atoms with Gasteiger partial charge in [-0.15, -0.1) is 0 Å². The van der Waals surface area contributed by atoms with Gasteiger partial charge in [0, 0.05) is 5.39 Å². The highest BCUT2D eigenvalue weighted by atomic mass is 16.6. The Morgan fingerprint density at radius 3 is 2.76 bits per heavy atom. The van der Waals surface area contributed by atoms with Crippen LogP contribution < -0.4 is 0 Å². The second-order valence-electron chi connectivity index (χ2n) is 7.43. The van der Waals surface area contributed by atoms with E-state index in [1.165, 1.54) is 0 Å². The molecule has 1 aliphatic heterocycles. The van der Waals surface area contributed by atoms with Gasteiger partial charge in [-0.05, 0) is 55.7 Å². The number of hydrogen-bond donors (Lipinski definition) is 0. The maximum absolute atomic E-state index is 12.8. The molecular weight excluding hydrogens is 314 g/mol. The number of fused-ring (bicyclic) bond motifs is 2. The van der Waals surface area contributed by atoms with Crippen LogP contribution in [0.5, 0.6) is 0 Å². The molecule has 4 rings (SSSR count). The zero-order chi connectivity index (χ0) is 17.6. The summed E-state index contributed by atoms with van der Waals surface area (Å²) in [7, 11) is 0. The Bertz CT molecular complexity index is 935. The molecule has 1 aliphatic rings. The van der Waals surface area contributed by atoms with E-state index in [0.717, 1.165) is 27.7 Å². The van der Waals surface area contributed by atoms with Crippen molar-refractivity contribution in [2.75, 3.05) is 0 Å². The van der Waals surface area contributed by atoms with Gasteiger partial charge in [0.1, 0.15) is 11.2 Å². The minimum atomic E-state index is -0.523. The molecule has 0 fully saturated rings. The predicted molar refractivity (Wildman–Crippen MR) is 96.3 cm³/mol. The van der Waals surface area contributed by atoms with Gasteiger partial charge in [0.25, 0.3) is 0 Å². The number of rotatable bonds is 1. The van der Waals surface area contributed by atoms with Gasteiger partial charge in [-0.2, -0.15) is 0 Å². The fourth-order valence-electron chi connectivity index (χ4n) is 3.39. The van der Waals surface area contributed by atoms with Crippen LogP contribution in [0.2, 0.25) is 0 Å². The molecule has 1 aromatic heterocycles. The first-order chi connectivity index (χ1) is 11.9. The van der Waals surface area contributed by atoms with Gasteiger partial charge in [0.05, 0.1) is 18.8 Å². The monoisotopic (exact) mass is 335 g/mol. The van der Waals surface area contributed by atoms with Crippen LogP contribution in [0.4, 0.5) is 4.79 Å². The summed E-state index contributed by atoms with van der Waals surface area (Å²) < 4.78 is 11.1. The normalized spacial score (nSPS) is 16.9. The van der Waals surface area contributed by atoms with E-state index < -0.39 is 5.60 Å². The summed E-state index contributed by atoms with van der Waals surface area (Å²) in [5, 5.41) is 1.03. The highest BCUT2D eigenvalue weighted by Crippen LogP contribution is 2.40. The zero-order valence-corrected chi connectivity index (χ0v) is 14.7. The first-order valence-electron chi connectivity index (χ1n) is 8.47. The van der Waals surface area contributed by atoms with Crippen LogP contribution in [0.25, 0.3) is 11.0 Å². The van der Waals surface area contributed by atoms with E-state index in [2.05, 4.69) is 18.2 Å². The minimum absolute atomic E-state index is 0.148. The molecule has 2 aromatic carbocycles. The van der Waals surface area contributed by atoms with E-state index in [0.29, 0.717) is 6.54 Å². The molecule has 4 nitrogen and oxygen atoms in total. The molecule has 25 heavy (non-hydrogen) atoms. The van der Waals surface area contributed by atoms with Crippen molar-refractivity contribution < 1.29 is 13.9 Å². The lowest BCUT2D eigenvalue weighted by Gasteiger charge is -2.29. The number of hydrogen-bond acceptors (Lipinski definition) is 3. The minimum Gasteiger partial charge on any atom is -0.464 e. The average Bonchev–Trinajstić information content (AvgIpc) is 3.16. The molecule has 0 saturated carbocycles. The molecule has 0 N–H and O–H groups in total. The molecule has 3 aromatic rings.